The molecule has 5 aliphatic carbocycles. The number of carboxylic acid groups (broad SMARTS) is 1. The summed E-state index contributed by atoms with van der Waals surface area (Å²) in [4.78, 5) is 44.8. The number of hydrogen-bond acceptors (Lipinski definition) is 7. The number of rotatable bonds is 6. The number of aliphatic carboxylic acids is 1. The van der Waals surface area contributed by atoms with Gasteiger partial charge in [-0.2, -0.15) is 0 Å². The predicted octanol–water partition coefficient (Wildman–Crippen LogP) is 4.59. The number of benzene rings is 1. The highest BCUT2D eigenvalue weighted by Gasteiger charge is 2.76. The number of nitrogens with zero attached hydrogens (tertiary/aromatic N) is 1. The number of hydrogen-bond donors (Lipinski definition) is 6. The van der Waals surface area contributed by atoms with E-state index in [1.165, 1.54) is 13.0 Å². The van der Waals surface area contributed by atoms with Crippen molar-refractivity contribution in [3.8, 4) is 0 Å². The van der Waals surface area contributed by atoms with Crippen molar-refractivity contribution < 1.29 is 34.8 Å². The first-order chi connectivity index (χ1) is 24.2. The number of carbonyl (C=O) groups is 3. The van der Waals surface area contributed by atoms with Gasteiger partial charge in [-0.25, -0.2) is 9.79 Å². The molecule has 8 N–H and O–H groups in total. The zero-order chi connectivity index (χ0) is 38.3. The van der Waals surface area contributed by atoms with Crippen molar-refractivity contribution in [2.75, 3.05) is 0 Å². The summed E-state index contributed by atoms with van der Waals surface area (Å²) in [6.07, 6.45) is 6.71. The molecule has 0 aromatic heterocycles. The predicted molar refractivity (Wildman–Crippen MR) is 199 cm³/mol. The highest BCUT2D eigenvalue weighted by Crippen LogP contribution is 2.77. The van der Waals surface area contributed by atoms with Gasteiger partial charge < -0.3 is 31.9 Å². The lowest BCUT2D eigenvalue weighted by atomic mass is 9.38. The Morgan fingerprint density at radius 1 is 1.06 bits per heavy atom. The summed E-state index contributed by atoms with van der Waals surface area (Å²) >= 11 is 0. The fourth-order valence-corrected chi connectivity index (χ4v) is 12.1. The molecule has 0 saturated heterocycles. The molecule has 0 heterocycles. The minimum absolute atomic E-state index is 0.0338. The van der Waals surface area contributed by atoms with E-state index in [2.05, 4.69) is 11.9 Å². The lowest BCUT2D eigenvalue weighted by molar-refractivity contribution is -0.152. The number of ketones is 2. The number of carboxylic acids is 1. The zero-order valence-electron chi connectivity index (χ0n) is 31.3. The molecular formula is C42H55N3O7. The van der Waals surface area contributed by atoms with Crippen LogP contribution >= 0.6 is 0 Å². The van der Waals surface area contributed by atoms with Crippen LogP contribution in [0.4, 0.5) is 0 Å². The van der Waals surface area contributed by atoms with E-state index in [0.717, 1.165) is 5.56 Å². The van der Waals surface area contributed by atoms with Crippen molar-refractivity contribution in [3.63, 3.8) is 0 Å². The lowest BCUT2D eigenvalue weighted by Crippen LogP contribution is -2.64. The third-order valence-electron chi connectivity index (χ3n) is 14.8. The van der Waals surface area contributed by atoms with E-state index < -0.39 is 75.2 Å². The molecule has 5 aliphatic rings. The fraction of sp³-hybridized carbons (Fsp3) is 0.571. The second-order valence-electron chi connectivity index (χ2n) is 17.4. The third kappa shape index (κ3) is 5.15. The second kappa shape index (κ2) is 12.6. The van der Waals surface area contributed by atoms with Crippen LogP contribution in [0.5, 0.6) is 0 Å². The first-order valence-corrected chi connectivity index (χ1v) is 18.5. The Morgan fingerprint density at radius 2 is 1.71 bits per heavy atom. The standard InChI is InChI=1S/C42H55N3O7/c1-22(36(51)52)19-27(46)31-23(2)42(18-15-26(31)45-37(43)44)21-30(49)41(7)33-32(28(47)20-40(41,42)6)39(5)17-16-29(48)38(3,4)35(39)25(34(33)50)14-13-24-11-9-8-10-12-24/h8-15,18-19,23,25-27,30-31,34-35,46,49-50H,16-17,20-21H2,1-7H3,(H,51,52)(H4,43,44,45)/t23-,25+,26-,27+,30-,31-,34+,35-,39+,40-,41+,42-/m0/s1. The molecule has 0 bridgehead atoms. The Bertz CT molecular complexity index is 1820. The average molecular weight is 714 g/mol. The maximum absolute atomic E-state index is 15.0. The van der Waals surface area contributed by atoms with E-state index in [-0.39, 0.29) is 41.9 Å². The molecule has 10 heteroatoms. The number of aliphatic hydroxyl groups is 3. The Balaban J connectivity index is 1.56. The summed E-state index contributed by atoms with van der Waals surface area (Å²) in [6, 6.07) is 9.07. The lowest BCUT2D eigenvalue weighted by Gasteiger charge is -2.65. The van der Waals surface area contributed by atoms with Crippen LogP contribution < -0.4 is 11.5 Å². The van der Waals surface area contributed by atoms with Crippen LogP contribution in [-0.4, -0.2) is 68.3 Å². The van der Waals surface area contributed by atoms with Crippen LogP contribution in [-0.2, 0) is 14.4 Å². The summed E-state index contributed by atoms with van der Waals surface area (Å²) in [5.74, 6) is -3.42. The van der Waals surface area contributed by atoms with Gasteiger partial charge in [0.1, 0.15) is 5.78 Å². The van der Waals surface area contributed by atoms with Gasteiger partial charge in [-0.05, 0) is 54.2 Å². The number of aliphatic imine (C=N–C) groups is 1. The topological polar surface area (TPSA) is 197 Å². The third-order valence-corrected chi connectivity index (χ3v) is 14.8. The molecule has 2 saturated carbocycles. The fourth-order valence-electron chi connectivity index (χ4n) is 12.1. The van der Waals surface area contributed by atoms with E-state index >= 15 is 4.79 Å². The van der Waals surface area contributed by atoms with Crippen molar-refractivity contribution in [1.29, 1.82) is 0 Å². The van der Waals surface area contributed by atoms with Gasteiger partial charge in [0.05, 0.1) is 24.4 Å². The molecule has 1 aromatic carbocycles. The Labute approximate surface area is 306 Å². The molecule has 2 fully saturated rings. The molecule has 0 amide bonds. The highest BCUT2D eigenvalue weighted by atomic mass is 16.4. The average Bonchev–Trinajstić information content (AvgIpc) is 3.23. The van der Waals surface area contributed by atoms with E-state index in [1.807, 2.05) is 89.3 Å². The molecule has 1 spiro atoms. The van der Waals surface area contributed by atoms with Gasteiger partial charge in [0.25, 0.3) is 0 Å². The van der Waals surface area contributed by atoms with Crippen molar-refractivity contribution in [3.05, 3.63) is 76.9 Å². The first-order valence-electron chi connectivity index (χ1n) is 18.5. The minimum Gasteiger partial charge on any atom is -0.478 e. The van der Waals surface area contributed by atoms with Gasteiger partial charge in [0.15, 0.2) is 11.7 Å². The first kappa shape index (κ1) is 37.9. The number of guanidine groups is 1. The Hall–Kier alpha value is -3.86. The van der Waals surface area contributed by atoms with E-state index in [4.69, 9.17) is 11.5 Å². The van der Waals surface area contributed by atoms with Crippen LogP contribution in [0, 0.1) is 50.7 Å². The maximum atomic E-state index is 15.0. The Morgan fingerprint density at radius 3 is 2.33 bits per heavy atom. The molecule has 1 aromatic rings. The number of aliphatic hydroxyl groups excluding tert-OH is 3. The summed E-state index contributed by atoms with van der Waals surface area (Å²) in [5.41, 5.74) is 9.14. The van der Waals surface area contributed by atoms with Crippen molar-refractivity contribution >= 4 is 29.6 Å². The smallest absolute Gasteiger partial charge is 0.331 e. The summed E-state index contributed by atoms with van der Waals surface area (Å²) in [5, 5.41) is 46.6. The van der Waals surface area contributed by atoms with Crippen LogP contribution in [0.25, 0.3) is 6.08 Å². The normalized spacial score (nSPS) is 41.8. The van der Waals surface area contributed by atoms with Gasteiger partial charge in [0, 0.05) is 57.5 Å². The molecule has 52 heavy (non-hydrogen) atoms. The van der Waals surface area contributed by atoms with Gasteiger partial charge in [0.2, 0.25) is 0 Å². The maximum Gasteiger partial charge on any atom is 0.331 e. The van der Waals surface area contributed by atoms with E-state index in [0.29, 0.717) is 24.0 Å². The Kier molecular flexibility index (Phi) is 9.20. The number of nitrogens with two attached hydrogens (primary N) is 2. The quantitative estimate of drug-likeness (QED) is 0.106. The largest absolute Gasteiger partial charge is 0.478 e. The van der Waals surface area contributed by atoms with Crippen molar-refractivity contribution in [2.45, 2.75) is 98.5 Å². The van der Waals surface area contributed by atoms with Crippen molar-refractivity contribution in [2.24, 2.45) is 67.2 Å². The molecule has 12 atom stereocenters. The zero-order valence-corrected chi connectivity index (χ0v) is 31.3. The molecule has 280 valence electrons. The van der Waals surface area contributed by atoms with Gasteiger partial charge in [-0.3, -0.25) is 9.59 Å². The SMILES string of the molecule is CC(=C[C@@H](O)[C@@H]1[C@@H](N=C(N)N)C=C[C@]2(C[C@H](O)[C@]3(C)C4=C(C(=O)C[C@]23C)[C@@]2(C)CCC(=O)C(C)(C)[C@@H]2[C@H](C=Cc2ccccc2)[C@H]4O)[C@H]1C)C(=O)O. The van der Waals surface area contributed by atoms with Crippen LogP contribution in [0.2, 0.25) is 0 Å². The van der Waals surface area contributed by atoms with E-state index in [9.17, 15) is 30.0 Å². The van der Waals surface area contributed by atoms with Crippen LogP contribution in [0.3, 0.4) is 0 Å². The van der Waals surface area contributed by atoms with E-state index in [1.54, 1.807) is 0 Å². The van der Waals surface area contributed by atoms with Crippen molar-refractivity contribution in [1.82, 2.24) is 0 Å². The molecule has 0 aliphatic heterocycles. The van der Waals surface area contributed by atoms with Gasteiger partial charge >= 0.3 is 5.97 Å². The highest BCUT2D eigenvalue weighted by molar-refractivity contribution is 6.01. The number of Topliss-reactive ketones (excluding diaryl/α,β-unsaturated/α-hetero) is 2. The molecule has 0 unspecified atom stereocenters. The van der Waals surface area contributed by atoms with Crippen LogP contribution in [0.1, 0.15) is 79.7 Å². The van der Waals surface area contributed by atoms with Crippen LogP contribution in [0.15, 0.2) is 76.3 Å². The van der Waals surface area contributed by atoms with Gasteiger partial charge in [-0.1, -0.05) is 96.2 Å². The number of carbonyl (C=O) groups excluding carboxylic acids is 2. The monoisotopic (exact) mass is 713 g/mol. The van der Waals surface area contributed by atoms with Gasteiger partial charge in [-0.15, -0.1) is 0 Å². The number of allylic oxidation sites excluding steroid dienone is 2. The molecular weight excluding hydrogens is 658 g/mol. The summed E-state index contributed by atoms with van der Waals surface area (Å²) < 4.78 is 0. The molecule has 0 radical (unpaired) electrons. The number of fused-ring (bicyclic) bond motifs is 5. The molecule has 6 rings (SSSR count). The summed E-state index contributed by atoms with van der Waals surface area (Å²) in [6.45, 7) is 13.3. The second-order valence-corrected chi connectivity index (χ2v) is 17.4. The molecule has 10 nitrogen and oxygen atoms in total. The summed E-state index contributed by atoms with van der Waals surface area (Å²) in [7, 11) is 0. The minimum atomic E-state index is -1.27.